The van der Waals surface area contributed by atoms with Crippen molar-refractivity contribution in [3.8, 4) is 17.2 Å². The van der Waals surface area contributed by atoms with Crippen LogP contribution >= 0.6 is 0 Å². The summed E-state index contributed by atoms with van der Waals surface area (Å²) in [5.41, 5.74) is 3.92. The topological polar surface area (TPSA) is 82.6 Å². The van der Waals surface area contributed by atoms with E-state index in [0.29, 0.717) is 29.0 Å². The van der Waals surface area contributed by atoms with Crippen molar-refractivity contribution < 1.29 is 14.3 Å². The average molecular weight is 453 g/mol. The van der Waals surface area contributed by atoms with Crippen LogP contribution in [-0.4, -0.2) is 36.2 Å². The van der Waals surface area contributed by atoms with Crippen LogP contribution in [0.3, 0.4) is 0 Å². The highest BCUT2D eigenvalue weighted by Crippen LogP contribution is 2.42. The molecule has 0 saturated carbocycles. The molecule has 170 valence electrons. The Morgan fingerprint density at radius 2 is 1.76 bits per heavy atom. The predicted octanol–water partition coefficient (Wildman–Crippen LogP) is 5.93. The van der Waals surface area contributed by atoms with Crippen molar-refractivity contribution in [1.29, 1.82) is 0 Å². The van der Waals surface area contributed by atoms with Crippen LogP contribution in [0, 0.1) is 0 Å². The van der Waals surface area contributed by atoms with E-state index in [2.05, 4.69) is 20.4 Å². The molecule has 0 unspecified atom stereocenters. The lowest BCUT2D eigenvalue weighted by Gasteiger charge is -2.27. The van der Waals surface area contributed by atoms with E-state index in [1.807, 2.05) is 66.7 Å². The molecule has 0 aliphatic carbocycles. The molecule has 0 spiro atoms. The summed E-state index contributed by atoms with van der Waals surface area (Å²) in [4.78, 5) is 2.36. The monoisotopic (exact) mass is 452 g/mol. The lowest BCUT2D eigenvalue weighted by atomic mass is 10.1. The summed E-state index contributed by atoms with van der Waals surface area (Å²) in [6.07, 6.45) is 1.75. The summed E-state index contributed by atoms with van der Waals surface area (Å²) in [5.74, 6) is 1.93. The van der Waals surface area contributed by atoms with Crippen molar-refractivity contribution >= 4 is 28.4 Å². The number of rotatable bonds is 5. The number of hydrogen-bond acceptors (Lipinski definition) is 7. The van der Waals surface area contributed by atoms with E-state index in [9.17, 15) is 5.11 Å². The van der Waals surface area contributed by atoms with Crippen LogP contribution in [0.1, 0.15) is 16.9 Å². The molecular formula is C27H24N4O3. The van der Waals surface area contributed by atoms with Crippen LogP contribution in [0.5, 0.6) is 17.2 Å². The molecule has 2 aliphatic rings. The number of nitrogens with zero attached hydrogens (tertiary/aromatic N) is 3. The van der Waals surface area contributed by atoms with Crippen molar-refractivity contribution in [3.05, 3.63) is 83.6 Å². The molecule has 7 nitrogen and oxygen atoms in total. The maximum atomic E-state index is 11.0. The molecule has 1 saturated heterocycles. The Morgan fingerprint density at radius 3 is 2.62 bits per heavy atom. The lowest BCUT2D eigenvalue weighted by molar-refractivity contribution is 0.231. The van der Waals surface area contributed by atoms with Crippen molar-refractivity contribution in [2.24, 2.45) is 10.2 Å². The normalized spacial score (nSPS) is 16.9. The quantitative estimate of drug-likeness (QED) is 0.392. The van der Waals surface area contributed by atoms with Crippen molar-refractivity contribution in [3.63, 3.8) is 0 Å². The lowest BCUT2D eigenvalue weighted by Crippen LogP contribution is -2.42. The molecule has 7 heteroatoms. The molecule has 3 heterocycles. The van der Waals surface area contributed by atoms with E-state index < -0.39 is 0 Å². The van der Waals surface area contributed by atoms with Crippen LogP contribution in [0.25, 0.3) is 22.7 Å². The van der Waals surface area contributed by atoms with Gasteiger partial charge in [0.15, 0.2) is 11.5 Å². The Kier molecular flexibility index (Phi) is 5.33. The minimum Gasteiger partial charge on any atom is -0.504 e. The van der Waals surface area contributed by atoms with Gasteiger partial charge in [0, 0.05) is 44.4 Å². The van der Waals surface area contributed by atoms with Crippen molar-refractivity contribution in [2.75, 3.05) is 26.2 Å². The third kappa shape index (κ3) is 3.85. The number of ether oxygens (including phenoxy) is 1. The summed E-state index contributed by atoms with van der Waals surface area (Å²) in [6.45, 7) is 4.41. The fourth-order valence-electron chi connectivity index (χ4n) is 4.43. The molecule has 2 aliphatic heterocycles. The summed E-state index contributed by atoms with van der Waals surface area (Å²) in [6, 6.07) is 21.2. The van der Waals surface area contributed by atoms with E-state index in [4.69, 9.17) is 9.15 Å². The Balaban J connectivity index is 1.44. The maximum Gasteiger partial charge on any atom is 0.172 e. The Labute approximate surface area is 197 Å². The fraction of sp³-hybridized carbons (Fsp3) is 0.185. The standard InChI is InChI=1S/C27H24N4O3/c32-26-20-10-11-24(33-18-6-2-1-3-7-18)21(17-31-14-12-28-13-15-31)27(20)34-25(26)16-23-19-8-4-5-9-22(19)29-30-23/h1-11,16,28,32H,12-15,17H2. The van der Waals surface area contributed by atoms with Gasteiger partial charge in [0.2, 0.25) is 0 Å². The van der Waals surface area contributed by atoms with Gasteiger partial charge in [-0.1, -0.05) is 36.4 Å². The van der Waals surface area contributed by atoms with Gasteiger partial charge in [0.1, 0.15) is 17.1 Å². The second kappa shape index (κ2) is 8.78. The molecule has 6 rings (SSSR count). The highest BCUT2D eigenvalue weighted by Gasteiger charge is 2.23. The van der Waals surface area contributed by atoms with Gasteiger partial charge >= 0.3 is 0 Å². The smallest absolute Gasteiger partial charge is 0.172 e. The number of fused-ring (bicyclic) bond motifs is 2. The largest absolute Gasteiger partial charge is 0.504 e. The van der Waals surface area contributed by atoms with Crippen LogP contribution in [0.4, 0.5) is 5.69 Å². The van der Waals surface area contributed by atoms with Crippen LogP contribution < -0.4 is 10.1 Å². The SMILES string of the molecule is Oc1c(C=C2N=Nc3ccccc32)oc2c(CN3CCNCC3)c(Oc3ccccc3)ccc12. The highest BCUT2D eigenvalue weighted by atomic mass is 16.5. The third-order valence-corrected chi connectivity index (χ3v) is 6.19. The van der Waals surface area contributed by atoms with Crippen molar-refractivity contribution in [1.82, 2.24) is 10.2 Å². The number of hydrogen-bond donors (Lipinski definition) is 2. The molecular weight excluding hydrogens is 428 g/mol. The highest BCUT2D eigenvalue weighted by molar-refractivity contribution is 5.95. The zero-order valence-corrected chi connectivity index (χ0v) is 18.6. The van der Waals surface area contributed by atoms with Gasteiger partial charge in [-0.2, -0.15) is 0 Å². The second-order valence-corrected chi connectivity index (χ2v) is 8.42. The molecule has 0 amide bonds. The van der Waals surface area contributed by atoms with Gasteiger partial charge in [-0.15, -0.1) is 10.2 Å². The minimum atomic E-state index is 0.0925. The van der Waals surface area contributed by atoms with Crippen LogP contribution in [-0.2, 0) is 6.54 Å². The molecule has 1 fully saturated rings. The number of aromatic hydroxyl groups is 1. The number of benzene rings is 3. The summed E-state index contributed by atoms with van der Waals surface area (Å²) in [5, 5.41) is 23.6. The third-order valence-electron chi connectivity index (χ3n) is 6.19. The molecule has 1 aromatic heterocycles. The van der Waals surface area contributed by atoms with E-state index in [0.717, 1.165) is 54.5 Å². The summed E-state index contributed by atoms with van der Waals surface area (Å²) < 4.78 is 12.5. The average Bonchev–Trinajstić information content (AvgIpc) is 3.43. The fourth-order valence-corrected chi connectivity index (χ4v) is 4.43. The molecule has 4 aromatic rings. The van der Waals surface area contributed by atoms with Crippen LogP contribution in [0.2, 0.25) is 0 Å². The summed E-state index contributed by atoms with van der Waals surface area (Å²) >= 11 is 0. The van der Waals surface area contributed by atoms with E-state index in [1.165, 1.54) is 0 Å². The number of azo groups is 1. The number of piperazine rings is 1. The van der Waals surface area contributed by atoms with E-state index in [1.54, 1.807) is 6.08 Å². The zero-order chi connectivity index (χ0) is 22.9. The minimum absolute atomic E-state index is 0.0925. The molecule has 0 radical (unpaired) electrons. The molecule has 3 aromatic carbocycles. The molecule has 0 bridgehead atoms. The Morgan fingerprint density at radius 1 is 0.971 bits per heavy atom. The van der Waals surface area contributed by atoms with Gasteiger partial charge < -0.3 is 19.6 Å². The number of nitrogens with one attached hydrogen (secondary N) is 1. The van der Waals surface area contributed by atoms with Gasteiger partial charge in [-0.25, -0.2) is 0 Å². The molecule has 2 N–H and O–H groups in total. The molecule has 0 atom stereocenters. The van der Waals surface area contributed by atoms with Crippen LogP contribution in [0.15, 0.2) is 81.4 Å². The van der Waals surface area contributed by atoms with Gasteiger partial charge in [0.05, 0.1) is 22.3 Å². The zero-order valence-electron chi connectivity index (χ0n) is 18.6. The first-order valence-corrected chi connectivity index (χ1v) is 11.4. The molecule has 34 heavy (non-hydrogen) atoms. The van der Waals surface area contributed by atoms with Gasteiger partial charge in [-0.05, 0) is 30.3 Å². The number of furan rings is 1. The summed E-state index contributed by atoms with van der Waals surface area (Å²) in [7, 11) is 0. The first-order chi connectivity index (χ1) is 16.8. The predicted molar refractivity (Wildman–Crippen MR) is 131 cm³/mol. The Hall–Kier alpha value is -3.94. The first kappa shape index (κ1) is 20.7. The van der Waals surface area contributed by atoms with E-state index in [-0.39, 0.29) is 5.75 Å². The second-order valence-electron chi connectivity index (χ2n) is 8.42. The van der Waals surface area contributed by atoms with Crippen molar-refractivity contribution in [2.45, 2.75) is 6.54 Å². The van der Waals surface area contributed by atoms with Gasteiger partial charge in [0.25, 0.3) is 0 Å². The van der Waals surface area contributed by atoms with Gasteiger partial charge in [-0.3, -0.25) is 4.90 Å². The maximum absolute atomic E-state index is 11.0. The number of para-hydroxylation sites is 1. The van der Waals surface area contributed by atoms with E-state index >= 15 is 0 Å². The first-order valence-electron chi connectivity index (χ1n) is 11.4. The Bertz CT molecular complexity index is 1400.